The second kappa shape index (κ2) is 4.15. The molecule has 2 heterocycles. The van der Waals surface area contributed by atoms with Crippen LogP contribution in [-0.2, 0) is 9.47 Å². The van der Waals surface area contributed by atoms with Crippen molar-refractivity contribution < 1.29 is 10.8 Å². The molecule has 0 N–H and O–H groups in total. The van der Waals surface area contributed by atoms with E-state index in [1.54, 1.807) is 0 Å². The average molecular weight is 232 g/mol. The fourth-order valence-corrected chi connectivity index (χ4v) is 1.97. The van der Waals surface area contributed by atoms with Gasteiger partial charge in [-0.25, -0.2) is 4.99 Å². The van der Waals surface area contributed by atoms with Crippen molar-refractivity contribution in [1.82, 2.24) is 0 Å². The Hall–Kier alpha value is -1.35. The molecule has 0 aromatic heterocycles. The Bertz CT molecular complexity index is 474. The molecule has 0 saturated carbocycles. The van der Waals surface area contributed by atoms with Gasteiger partial charge in [-0.15, -0.1) is 0 Å². The molecule has 3 nitrogen and oxygen atoms in total. The monoisotopic (exact) mass is 232 g/mol. The van der Waals surface area contributed by atoms with Gasteiger partial charge >= 0.3 is 0 Å². The molecule has 2 aliphatic rings. The van der Waals surface area contributed by atoms with Crippen LogP contribution in [0.3, 0.4) is 0 Å². The topological polar surface area (TPSA) is 34.1 Å². The summed E-state index contributed by atoms with van der Waals surface area (Å²) in [7, 11) is 0. The second-order valence-corrected chi connectivity index (χ2v) is 4.83. The fourth-order valence-electron chi connectivity index (χ4n) is 1.97. The predicted octanol–water partition coefficient (Wildman–Crippen LogP) is 2.58. The lowest BCUT2D eigenvalue weighted by molar-refractivity contribution is 0.277. The summed E-state index contributed by atoms with van der Waals surface area (Å²) >= 11 is 0. The molecule has 3 rings (SSSR count). The van der Waals surface area contributed by atoms with Crippen LogP contribution < -0.4 is 0 Å². The maximum atomic E-state index is 8.29. The van der Waals surface area contributed by atoms with E-state index >= 15 is 0 Å². The summed E-state index contributed by atoms with van der Waals surface area (Å²) in [4.78, 5) is 4.48. The Morgan fingerprint density at radius 1 is 1.35 bits per heavy atom. The molecule has 2 aliphatic heterocycles. The number of hydrogen-bond acceptors (Lipinski definition) is 3. The Morgan fingerprint density at radius 2 is 2.12 bits per heavy atom. The lowest BCUT2D eigenvalue weighted by Crippen LogP contribution is -2.13. The van der Waals surface area contributed by atoms with Gasteiger partial charge in [0.1, 0.15) is 12.7 Å². The van der Waals surface area contributed by atoms with Crippen molar-refractivity contribution in [3.63, 3.8) is 0 Å². The zero-order chi connectivity index (χ0) is 12.8. The number of rotatable bonds is 3. The predicted molar refractivity (Wildman–Crippen MR) is 66.1 cm³/mol. The van der Waals surface area contributed by atoms with Gasteiger partial charge < -0.3 is 9.47 Å². The average Bonchev–Trinajstić information content (AvgIpc) is 2.86. The fraction of sp³-hybridized carbons (Fsp3) is 0.500. The second-order valence-electron chi connectivity index (χ2n) is 4.83. The highest BCUT2D eigenvalue weighted by molar-refractivity contribution is 5.85. The summed E-state index contributed by atoms with van der Waals surface area (Å²) in [6.45, 7) is 4.79. The molecule has 0 radical (unpaired) electrons. The molecule has 90 valence electrons. The van der Waals surface area contributed by atoms with Gasteiger partial charge in [-0.2, -0.15) is 0 Å². The van der Waals surface area contributed by atoms with E-state index in [1.165, 1.54) is 0 Å². The summed E-state index contributed by atoms with van der Waals surface area (Å²) < 4.78 is 19.3. The molecule has 1 fully saturated rings. The van der Waals surface area contributed by atoms with E-state index in [2.05, 4.69) is 18.8 Å². The molecular weight excluding hydrogens is 214 g/mol. The first kappa shape index (κ1) is 9.66. The third-order valence-electron chi connectivity index (χ3n) is 3.18. The molecule has 1 aromatic carbocycles. The number of hydrogen-bond donors (Lipinski definition) is 0. The molecular formula is C14H17NO2. The summed E-state index contributed by atoms with van der Waals surface area (Å²) in [5.41, 5.74) is 1.01. The van der Waals surface area contributed by atoms with E-state index in [0.717, 1.165) is 5.56 Å². The van der Waals surface area contributed by atoms with Crippen molar-refractivity contribution in [3.8, 4) is 0 Å². The molecule has 3 heteroatoms. The van der Waals surface area contributed by atoms with E-state index in [-0.39, 0.29) is 12.1 Å². The van der Waals surface area contributed by atoms with Gasteiger partial charge in [0.25, 0.3) is 0 Å². The number of epoxide rings is 1. The molecule has 0 amide bonds. The van der Waals surface area contributed by atoms with Crippen molar-refractivity contribution in [2.45, 2.75) is 32.1 Å². The summed E-state index contributed by atoms with van der Waals surface area (Å²) in [6, 6.07) is 9.95. The molecule has 1 aromatic rings. The summed E-state index contributed by atoms with van der Waals surface area (Å²) in [6.07, 6.45) is -1.35. The van der Waals surface area contributed by atoms with Crippen LogP contribution in [0.5, 0.6) is 0 Å². The lowest BCUT2D eigenvalue weighted by atomic mass is 10.1. The van der Waals surface area contributed by atoms with Crippen LogP contribution >= 0.6 is 0 Å². The van der Waals surface area contributed by atoms with E-state index in [1.807, 2.05) is 30.3 Å². The standard InChI is InChI=1S/C14H17NO2/c1-9(2)11-8-16-14(15-11)13-12(17-13)10-6-4-3-5-7-10/h3-7,9,11-13H,8H2,1-2H3/t11-,12+,13-/m1/s1/i13D. The van der Waals surface area contributed by atoms with Crippen LogP contribution in [0.4, 0.5) is 0 Å². The first-order valence-corrected chi connectivity index (χ1v) is 6.05. The smallest absolute Gasteiger partial charge is 0.217 e. The van der Waals surface area contributed by atoms with Crippen LogP contribution in [0, 0.1) is 5.92 Å². The van der Waals surface area contributed by atoms with Crippen molar-refractivity contribution in [2.24, 2.45) is 10.9 Å². The Kier molecular flexibility index (Phi) is 2.36. The van der Waals surface area contributed by atoms with E-state index in [4.69, 9.17) is 10.8 Å². The number of aliphatic imine (C=N–C) groups is 1. The van der Waals surface area contributed by atoms with Crippen LogP contribution in [0.2, 0.25) is 0 Å². The van der Waals surface area contributed by atoms with Gasteiger partial charge in [0.15, 0.2) is 6.08 Å². The highest BCUT2D eigenvalue weighted by Gasteiger charge is 2.47. The van der Waals surface area contributed by atoms with Gasteiger partial charge in [0.05, 0.1) is 7.41 Å². The maximum Gasteiger partial charge on any atom is 0.217 e. The highest BCUT2D eigenvalue weighted by atomic mass is 16.6. The molecule has 1 saturated heterocycles. The zero-order valence-corrected chi connectivity index (χ0v) is 10.1. The number of ether oxygens (including phenoxy) is 2. The summed E-state index contributed by atoms with van der Waals surface area (Å²) in [5.74, 6) is 0.870. The van der Waals surface area contributed by atoms with Crippen LogP contribution in [-0.4, -0.2) is 24.6 Å². The molecule has 17 heavy (non-hydrogen) atoms. The zero-order valence-electron chi connectivity index (χ0n) is 11.1. The number of nitrogens with zero attached hydrogens (tertiary/aromatic N) is 1. The van der Waals surface area contributed by atoms with Crippen LogP contribution in [0.25, 0.3) is 0 Å². The van der Waals surface area contributed by atoms with Gasteiger partial charge in [-0.1, -0.05) is 44.2 Å². The minimum atomic E-state index is -1.11. The van der Waals surface area contributed by atoms with E-state index < -0.39 is 6.08 Å². The van der Waals surface area contributed by atoms with Crippen LogP contribution in [0.1, 0.15) is 26.9 Å². The van der Waals surface area contributed by atoms with Gasteiger partial charge in [-0.3, -0.25) is 0 Å². The maximum absolute atomic E-state index is 8.29. The Balaban J connectivity index is 1.77. The minimum Gasteiger partial charge on any atom is -0.477 e. The van der Waals surface area contributed by atoms with Gasteiger partial charge in [-0.05, 0) is 11.5 Å². The van der Waals surface area contributed by atoms with Crippen molar-refractivity contribution in [3.05, 3.63) is 35.9 Å². The lowest BCUT2D eigenvalue weighted by Gasteiger charge is -2.06. The Morgan fingerprint density at radius 3 is 2.76 bits per heavy atom. The third-order valence-corrected chi connectivity index (χ3v) is 3.18. The molecule has 0 bridgehead atoms. The van der Waals surface area contributed by atoms with Crippen molar-refractivity contribution in [2.75, 3.05) is 6.61 Å². The first-order chi connectivity index (χ1) is 8.61. The van der Waals surface area contributed by atoms with Crippen molar-refractivity contribution >= 4 is 5.90 Å². The normalized spacial score (nSPS) is 36.4. The molecule has 3 atom stereocenters. The van der Waals surface area contributed by atoms with Crippen molar-refractivity contribution in [1.29, 1.82) is 0 Å². The van der Waals surface area contributed by atoms with Crippen LogP contribution in [0.15, 0.2) is 35.3 Å². The first-order valence-electron chi connectivity index (χ1n) is 6.55. The largest absolute Gasteiger partial charge is 0.477 e. The highest BCUT2D eigenvalue weighted by Crippen LogP contribution is 2.40. The molecule has 0 unspecified atom stereocenters. The quantitative estimate of drug-likeness (QED) is 0.751. The van der Waals surface area contributed by atoms with Gasteiger partial charge in [0.2, 0.25) is 5.90 Å². The third kappa shape index (κ3) is 2.07. The van der Waals surface area contributed by atoms with E-state index in [9.17, 15) is 0 Å². The number of benzene rings is 1. The Labute approximate surface area is 103 Å². The minimum absolute atomic E-state index is 0.155. The van der Waals surface area contributed by atoms with E-state index in [0.29, 0.717) is 18.4 Å². The van der Waals surface area contributed by atoms with Gasteiger partial charge in [0, 0.05) is 0 Å². The SMILES string of the molecule is [2H][C@@]1(C2=N[C@@H](C(C)C)CO2)O[C@H]1c1ccccc1. The molecule has 0 spiro atoms. The summed E-state index contributed by atoms with van der Waals surface area (Å²) in [5, 5.41) is 0. The molecule has 0 aliphatic carbocycles.